The molecule has 0 bridgehead atoms. The molecule has 2 rings (SSSR count). The first-order valence-electron chi connectivity index (χ1n) is 6.74. The SMILES string of the molecule is CC(c1ccc(Cl)cc1)N(C)Cc1ccc(C#CCO)s1. The predicted octanol–water partition coefficient (Wildman–Crippen LogP) is 3.94. The number of halogens is 1. The molecule has 1 aromatic heterocycles. The Morgan fingerprint density at radius 1 is 1.24 bits per heavy atom. The van der Waals surface area contributed by atoms with Crippen molar-refractivity contribution < 1.29 is 5.11 Å². The van der Waals surface area contributed by atoms with E-state index in [9.17, 15) is 0 Å². The number of nitrogens with zero attached hydrogens (tertiary/aromatic N) is 1. The highest BCUT2D eigenvalue weighted by atomic mass is 35.5. The lowest BCUT2D eigenvalue weighted by molar-refractivity contribution is 0.255. The normalized spacial score (nSPS) is 12.0. The summed E-state index contributed by atoms with van der Waals surface area (Å²) in [6.45, 7) is 2.96. The first-order chi connectivity index (χ1) is 10.1. The minimum absolute atomic E-state index is 0.0965. The van der Waals surface area contributed by atoms with Gasteiger partial charge in [-0.05, 0) is 43.8 Å². The van der Waals surface area contributed by atoms with Crippen molar-refractivity contribution >= 4 is 22.9 Å². The lowest BCUT2D eigenvalue weighted by Gasteiger charge is -2.24. The van der Waals surface area contributed by atoms with Crippen molar-refractivity contribution in [2.24, 2.45) is 0 Å². The van der Waals surface area contributed by atoms with Gasteiger partial charge in [0.25, 0.3) is 0 Å². The quantitative estimate of drug-likeness (QED) is 0.863. The van der Waals surface area contributed by atoms with Crippen molar-refractivity contribution in [1.82, 2.24) is 4.90 Å². The highest BCUT2D eigenvalue weighted by molar-refractivity contribution is 7.12. The van der Waals surface area contributed by atoms with Crippen molar-refractivity contribution in [2.45, 2.75) is 19.5 Å². The molecule has 1 unspecified atom stereocenters. The Bertz CT molecular complexity index is 639. The summed E-state index contributed by atoms with van der Waals surface area (Å²) in [5.74, 6) is 5.62. The molecule has 1 aromatic carbocycles. The number of aliphatic hydroxyl groups is 1. The van der Waals surface area contributed by atoms with Gasteiger partial charge in [-0.25, -0.2) is 0 Å². The fourth-order valence-electron chi connectivity index (χ4n) is 2.04. The molecule has 2 aromatic rings. The second kappa shape index (κ2) is 7.63. The third-order valence-corrected chi connectivity index (χ3v) is 4.61. The van der Waals surface area contributed by atoms with Crippen LogP contribution in [0.25, 0.3) is 0 Å². The van der Waals surface area contributed by atoms with Gasteiger partial charge in [-0.15, -0.1) is 11.3 Å². The molecule has 0 amide bonds. The Kier molecular flexibility index (Phi) is 5.84. The first-order valence-corrected chi connectivity index (χ1v) is 7.93. The van der Waals surface area contributed by atoms with E-state index in [1.807, 2.05) is 18.2 Å². The zero-order valence-electron chi connectivity index (χ0n) is 12.1. The van der Waals surface area contributed by atoms with Crippen LogP contribution in [0.15, 0.2) is 36.4 Å². The summed E-state index contributed by atoms with van der Waals surface area (Å²) < 4.78 is 0. The monoisotopic (exact) mass is 319 g/mol. The predicted molar refractivity (Wildman–Crippen MR) is 89.6 cm³/mol. The Labute approximate surface area is 135 Å². The van der Waals surface area contributed by atoms with Crippen LogP contribution in [0.2, 0.25) is 5.02 Å². The van der Waals surface area contributed by atoms with E-state index in [4.69, 9.17) is 16.7 Å². The molecule has 0 aliphatic rings. The Morgan fingerprint density at radius 3 is 2.62 bits per heavy atom. The third-order valence-electron chi connectivity index (χ3n) is 3.37. The van der Waals surface area contributed by atoms with E-state index in [0.29, 0.717) is 6.04 Å². The van der Waals surface area contributed by atoms with Gasteiger partial charge in [-0.1, -0.05) is 35.6 Å². The highest BCUT2D eigenvalue weighted by Gasteiger charge is 2.12. The number of thiophene rings is 1. The van der Waals surface area contributed by atoms with Gasteiger partial charge in [0.15, 0.2) is 0 Å². The van der Waals surface area contributed by atoms with Crippen LogP contribution in [-0.2, 0) is 6.54 Å². The zero-order valence-corrected chi connectivity index (χ0v) is 13.7. The molecule has 0 saturated heterocycles. The largest absolute Gasteiger partial charge is 0.384 e. The van der Waals surface area contributed by atoms with Crippen molar-refractivity contribution in [1.29, 1.82) is 0 Å². The van der Waals surface area contributed by atoms with Gasteiger partial charge >= 0.3 is 0 Å². The average molecular weight is 320 g/mol. The molecule has 1 heterocycles. The molecule has 1 atom stereocenters. The van der Waals surface area contributed by atoms with Crippen molar-refractivity contribution in [2.75, 3.05) is 13.7 Å². The Morgan fingerprint density at radius 2 is 1.95 bits per heavy atom. The summed E-state index contributed by atoms with van der Waals surface area (Å²) in [6.07, 6.45) is 0. The van der Waals surface area contributed by atoms with Crippen LogP contribution < -0.4 is 0 Å². The molecule has 4 heteroatoms. The van der Waals surface area contributed by atoms with Gasteiger partial charge in [0.1, 0.15) is 6.61 Å². The van der Waals surface area contributed by atoms with E-state index < -0.39 is 0 Å². The van der Waals surface area contributed by atoms with Crippen molar-refractivity contribution in [3.05, 3.63) is 56.7 Å². The van der Waals surface area contributed by atoms with Gasteiger partial charge in [0, 0.05) is 22.5 Å². The molecular formula is C17H18ClNOS. The van der Waals surface area contributed by atoms with Gasteiger partial charge in [0.2, 0.25) is 0 Å². The van der Waals surface area contributed by atoms with E-state index in [-0.39, 0.29) is 6.61 Å². The van der Waals surface area contributed by atoms with Crippen LogP contribution in [0, 0.1) is 11.8 Å². The van der Waals surface area contributed by atoms with Crippen LogP contribution in [0.1, 0.15) is 28.3 Å². The maximum absolute atomic E-state index is 8.71. The molecule has 0 fully saturated rings. The molecule has 21 heavy (non-hydrogen) atoms. The molecule has 0 spiro atoms. The van der Waals surface area contributed by atoms with Gasteiger partial charge in [-0.2, -0.15) is 0 Å². The van der Waals surface area contributed by atoms with Crippen LogP contribution in [0.4, 0.5) is 0 Å². The lowest BCUT2D eigenvalue weighted by atomic mass is 10.1. The maximum atomic E-state index is 8.71. The van der Waals surface area contributed by atoms with Crippen molar-refractivity contribution in [3.8, 4) is 11.8 Å². The summed E-state index contributed by atoms with van der Waals surface area (Å²) in [6, 6.07) is 12.4. The molecule has 0 saturated carbocycles. The number of hydrogen-bond donors (Lipinski definition) is 1. The maximum Gasteiger partial charge on any atom is 0.104 e. The summed E-state index contributed by atoms with van der Waals surface area (Å²) >= 11 is 7.60. The van der Waals surface area contributed by atoms with E-state index in [2.05, 4.69) is 48.9 Å². The summed E-state index contributed by atoms with van der Waals surface area (Å²) in [4.78, 5) is 4.55. The van der Waals surface area contributed by atoms with E-state index in [1.165, 1.54) is 10.4 Å². The summed E-state index contributed by atoms with van der Waals surface area (Å²) in [5.41, 5.74) is 1.25. The van der Waals surface area contributed by atoms with E-state index in [0.717, 1.165) is 16.4 Å². The highest BCUT2D eigenvalue weighted by Crippen LogP contribution is 2.24. The van der Waals surface area contributed by atoms with Crippen LogP contribution in [-0.4, -0.2) is 23.7 Å². The first kappa shape index (κ1) is 16.1. The van der Waals surface area contributed by atoms with Crippen molar-refractivity contribution in [3.63, 3.8) is 0 Å². The average Bonchev–Trinajstić information content (AvgIpc) is 2.92. The minimum Gasteiger partial charge on any atom is -0.384 e. The summed E-state index contributed by atoms with van der Waals surface area (Å²) in [5, 5.41) is 9.47. The van der Waals surface area contributed by atoms with Crippen LogP contribution in [0.5, 0.6) is 0 Å². The van der Waals surface area contributed by atoms with Crippen LogP contribution >= 0.6 is 22.9 Å². The van der Waals surface area contributed by atoms with Gasteiger partial charge in [-0.3, -0.25) is 4.90 Å². The minimum atomic E-state index is -0.0965. The smallest absolute Gasteiger partial charge is 0.104 e. The van der Waals surface area contributed by atoms with Gasteiger partial charge in [0.05, 0.1) is 4.88 Å². The van der Waals surface area contributed by atoms with Crippen LogP contribution in [0.3, 0.4) is 0 Å². The lowest BCUT2D eigenvalue weighted by Crippen LogP contribution is -2.21. The fourth-order valence-corrected chi connectivity index (χ4v) is 3.11. The molecule has 0 radical (unpaired) electrons. The topological polar surface area (TPSA) is 23.5 Å². The second-order valence-corrected chi connectivity index (χ2v) is 6.47. The van der Waals surface area contributed by atoms with E-state index >= 15 is 0 Å². The molecule has 110 valence electrons. The standard InChI is InChI=1S/C17H18ClNOS/c1-13(14-5-7-15(18)8-6-14)19(2)12-17-10-9-16(21-17)4-3-11-20/h5-10,13,20H,11-12H2,1-2H3. The molecule has 1 N–H and O–H groups in total. The number of hydrogen-bond acceptors (Lipinski definition) is 3. The molecule has 2 nitrogen and oxygen atoms in total. The number of aliphatic hydroxyl groups excluding tert-OH is 1. The van der Waals surface area contributed by atoms with E-state index in [1.54, 1.807) is 11.3 Å². The Hall–Kier alpha value is -1.31. The second-order valence-electron chi connectivity index (χ2n) is 4.87. The third kappa shape index (κ3) is 4.59. The molecular weight excluding hydrogens is 302 g/mol. The molecule has 0 aliphatic carbocycles. The zero-order chi connectivity index (χ0) is 15.2. The molecule has 0 aliphatic heterocycles. The Balaban J connectivity index is 2.01. The number of benzene rings is 1. The summed E-state index contributed by atoms with van der Waals surface area (Å²) in [7, 11) is 2.11. The van der Waals surface area contributed by atoms with Gasteiger partial charge < -0.3 is 5.11 Å². The number of rotatable bonds is 4. The fraction of sp³-hybridized carbons (Fsp3) is 0.294.